The Hall–Kier alpha value is -1.14. The first-order valence-corrected chi connectivity index (χ1v) is 6.90. The molecule has 0 aliphatic rings. The molecule has 94 valence electrons. The van der Waals surface area contributed by atoms with E-state index in [1.165, 1.54) is 6.07 Å². The molecule has 0 spiro atoms. The zero-order chi connectivity index (χ0) is 13.1. The molecule has 1 aromatic heterocycles. The molecule has 0 saturated carbocycles. The number of halogens is 2. The van der Waals surface area contributed by atoms with E-state index in [9.17, 15) is 10.1 Å². The molecular formula is C12H9Br2NO3. The molecule has 0 radical (unpaired) electrons. The molecule has 0 fully saturated rings. The minimum atomic E-state index is -0.368. The van der Waals surface area contributed by atoms with Crippen LogP contribution in [0.15, 0.2) is 45.5 Å². The van der Waals surface area contributed by atoms with Gasteiger partial charge in [0.05, 0.1) is 9.75 Å². The number of benzene rings is 1. The first-order valence-electron chi connectivity index (χ1n) is 5.19. The average Bonchev–Trinajstić information content (AvgIpc) is 2.76. The van der Waals surface area contributed by atoms with E-state index in [1.807, 2.05) is 6.07 Å². The summed E-state index contributed by atoms with van der Waals surface area (Å²) in [5, 5.41) is 10.9. The standard InChI is InChI=1S/C12H9Br2NO3/c13-9(11-5-6-12(14)18-11)7-8-3-1-2-4-10(8)15(16)17/h1-6,9H,7H2. The van der Waals surface area contributed by atoms with Crippen LogP contribution in [-0.2, 0) is 6.42 Å². The summed E-state index contributed by atoms with van der Waals surface area (Å²) < 4.78 is 6.06. The molecule has 1 aromatic carbocycles. The van der Waals surface area contributed by atoms with Crippen LogP contribution in [0.2, 0.25) is 0 Å². The Balaban J connectivity index is 2.21. The summed E-state index contributed by atoms with van der Waals surface area (Å²) >= 11 is 6.71. The molecule has 1 atom stereocenters. The highest BCUT2D eigenvalue weighted by molar-refractivity contribution is 9.10. The number of hydrogen-bond acceptors (Lipinski definition) is 3. The average molecular weight is 375 g/mol. The van der Waals surface area contributed by atoms with Crippen molar-refractivity contribution >= 4 is 37.5 Å². The van der Waals surface area contributed by atoms with Crippen molar-refractivity contribution in [1.82, 2.24) is 0 Å². The second kappa shape index (κ2) is 5.67. The third-order valence-corrected chi connectivity index (χ3v) is 3.69. The van der Waals surface area contributed by atoms with Gasteiger partial charge in [-0.1, -0.05) is 34.1 Å². The molecule has 6 heteroatoms. The SMILES string of the molecule is O=[N+]([O-])c1ccccc1CC(Br)c1ccc(Br)o1. The molecule has 0 aliphatic carbocycles. The largest absolute Gasteiger partial charge is 0.453 e. The molecule has 1 unspecified atom stereocenters. The summed E-state index contributed by atoms with van der Waals surface area (Å²) in [5.74, 6) is 0.736. The van der Waals surface area contributed by atoms with Crippen LogP contribution in [0.4, 0.5) is 5.69 Å². The normalized spacial score (nSPS) is 12.3. The Morgan fingerprint density at radius 1 is 1.28 bits per heavy atom. The molecule has 4 nitrogen and oxygen atoms in total. The van der Waals surface area contributed by atoms with Crippen LogP contribution in [0.25, 0.3) is 0 Å². The van der Waals surface area contributed by atoms with Crippen molar-refractivity contribution in [2.24, 2.45) is 0 Å². The second-order valence-electron chi connectivity index (χ2n) is 3.70. The summed E-state index contributed by atoms with van der Waals surface area (Å²) in [6.45, 7) is 0. The van der Waals surface area contributed by atoms with Gasteiger partial charge in [0.2, 0.25) is 0 Å². The Bertz CT molecular complexity index is 568. The molecule has 2 rings (SSSR count). The van der Waals surface area contributed by atoms with Gasteiger partial charge in [0.1, 0.15) is 5.76 Å². The highest BCUT2D eigenvalue weighted by atomic mass is 79.9. The van der Waals surface area contributed by atoms with Crippen molar-refractivity contribution in [3.63, 3.8) is 0 Å². The van der Waals surface area contributed by atoms with E-state index in [4.69, 9.17) is 4.42 Å². The maximum atomic E-state index is 10.9. The molecule has 2 aromatic rings. The zero-order valence-electron chi connectivity index (χ0n) is 9.18. The number of para-hydroxylation sites is 1. The van der Waals surface area contributed by atoms with Crippen molar-refractivity contribution in [3.8, 4) is 0 Å². The molecular weight excluding hydrogens is 366 g/mol. The van der Waals surface area contributed by atoms with Crippen molar-refractivity contribution < 1.29 is 9.34 Å². The fraction of sp³-hybridized carbons (Fsp3) is 0.167. The van der Waals surface area contributed by atoms with Crippen molar-refractivity contribution in [3.05, 3.63) is 62.5 Å². The molecule has 0 bridgehead atoms. The van der Waals surface area contributed by atoms with Gasteiger partial charge in [-0.25, -0.2) is 0 Å². The summed E-state index contributed by atoms with van der Waals surface area (Å²) in [7, 11) is 0. The van der Waals surface area contributed by atoms with Gasteiger partial charge in [-0.2, -0.15) is 0 Å². The van der Waals surface area contributed by atoms with Crippen LogP contribution in [0, 0.1) is 10.1 Å². The van der Waals surface area contributed by atoms with Crippen molar-refractivity contribution in [2.45, 2.75) is 11.2 Å². The smallest absolute Gasteiger partial charge is 0.272 e. The van der Waals surface area contributed by atoms with E-state index >= 15 is 0 Å². The van der Waals surface area contributed by atoms with Crippen LogP contribution in [0.5, 0.6) is 0 Å². The number of nitro benzene ring substituents is 1. The highest BCUT2D eigenvalue weighted by Crippen LogP contribution is 2.32. The Labute approximate surface area is 120 Å². The van der Waals surface area contributed by atoms with Gasteiger partial charge in [0, 0.05) is 11.6 Å². The summed E-state index contributed by atoms with van der Waals surface area (Å²) in [6, 6.07) is 10.3. The minimum Gasteiger partial charge on any atom is -0.453 e. The van der Waals surface area contributed by atoms with E-state index < -0.39 is 0 Å². The van der Waals surface area contributed by atoms with E-state index in [1.54, 1.807) is 24.3 Å². The molecule has 0 saturated heterocycles. The lowest BCUT2D eigenvalue weighted by atomic mass is 10.1. The van der Waals surface area contributed by atoms with Gasteiger partial charge >= 0.3 is 0 Å². The van der Waals surface area contributed by atoms with Gasteiger partial charge in [-0.3, -0.25) is 10.1 Å². The summed E-state index contributed by atoms with van der Waals surface area (Å²) in [4.78, 5) is 10.4. The van der Waals surface area contributed by atoms with Gasteiger partial charge in [-0.05, 0) is 34.5 Å². The van der Waals surface area contributed by atoms with Crippen LogP contribution in [0.3, 0.4) is 0 Å². The van der Waals surface area contributed by atoms with Gasteiger partial charge in [-0.15, -0.1) is 0 Å². The molecule has 0 aliphatic heterocycles. The molecule has 18 heavy (non-hydrogen) atoms. The number of furan rings is 1. The van der Waals surface area contributed by atoms with Crippen molar-refractivity contribution in [2.75, 3.05) is 0 Å². The monoisotopic (exact) mass is 373 g/mol. The fourth-order valence-electron chi connectivity index (χ4n) is 1.65. The Morgan fingerprint density at radius 2 is 2.00 bits per heavy atom. The van der Waals surface area contributed by atoms with E-state index in [0.717, 1.165) is 5.76 Å². The van der Waals surface area contributed by atoms with Gasteiger partial charge in [0.15, 0.2) is 4.67 Å². The summed E-state index contributed by atoms with van der Waals surface area (Å²) in [6.07, 6.45) is 0.497. The predicted molar refractivity (Wildman–Crippen MR) is 74.9 cm³/mol. The van der Waals surface area contributed by atoms with E-state index in [-0.39, 0.29) is 15.4 Å². The quantitative estimate of drug-likeness (QED) is 0.445. The topological polar surface area (TPSA) is 56.3 Å². The zero-order valence-corrected chi connectivity index (χ0v) is 12.3. The first kappa shape index (κ1) is 13.3. The second-order valence-corrected chi connectivity index (χ2v) is 5.59. The van der Waals surface area contributed by atoms with Crippen LogP contribution in [-0.4, -0.2) is 4.92 Å². The lowest BCUT2D eigenvalue weighted by Gasteiger charge is -2.07. The highest BCUT2D eigenvalue weighted by Gasteiger charge is 2.18. The lowest BCUT2D eigenvalue weighted by molar-refractivity contribution is -0.385. The van der Waals surface area contributed by atoms with Gasteiger partial charge < -0.3 is 4.42 Å². The lowest BCUT2D eigenvalue weighted by Crippen LogP contribution is -1.99. The maximum absolute atomic E-state index is 10.9. The third kappa shape index (κ3) is 3.00. The van der Waals surface area contributed by atoms with Crippen LogP contribution >= 0.6 is 31.9 Å². The van der Waals surface area contributed by atoms with E-state index in [0.29, 0.717) is 16.7 Å². The number of alkyl halides is 1. The Kier molecular flexibility index (Phi) is 4.19. The first-order chi connectivity index (χ1) is 8.58. The maximum Gasteiger partial charge on any atom is 0.272 e. The predicted octanol–water partition coefficient (Wildman–Crippen LogP) is 4.63. The van der Waals surface area contributed by atoms with Crippen LogP contribution < -0.4 is 0 Å². The Morgan fingerprint density at radius 3 is 2.61 bits per heavy atom. The third-order valence-electron chi connectivity index (χ3n) is 2.49. The van der Waals surface area contributed by atoms with Crippen molar-refractivity contribution in [1.29, 1.82) is 0 Å². The molecule has 0 N–H and O–H groups in total. The molecule has 1 heterocycles. The van der Waals surface area contributed by atoms with Gasteiger partial charge in [0.25, 0.3) is 5.69 Å². The fourth-order valence-corrected chi connectivity index (χ4v) is 2.57. The van der Waals surface area contributed by atoms with E-state index in [2.05, 4.69) is 31.9 Å². The number of rotatable bonds is 4. The summed E-state index contributed by atoms with van der Waals surface area (Å²) in [5.41, 5.74) is 0.810. The molecule has 0 amide bonds. The number of nitrogens with zero attached hydrogens (tertiary/aromatic N) is 1. The number of hydrogen-bond donors (Lipinski definition) is 0. The van der Waals surface area contributed by atoms with Crippen LogP contribution in [0.1, 0.15) is 16.2 Å². The number of nitro groups is 1. The minimum absolute atomic E-state index is 0.0927.